The van der Waals surface area contributed by atoms with Gasteiger partial charge in [0.1, 0.15) is 5.69 Å². The number of nitrogens with one attached hydrogen (secondary N) is 1. The third kappa shape index (κ3) is 2.31. The summed E-state index contributed by atoms with van der Waals surface area (Å²) in [5, 5.41) is 26.0. The molecule has 0 amide bonds. The van der Waals surface area contributed by atoms with Crippen molar-refractivity contribution < 1.29 is 0 Å². The van der Waals surface area contributed by atoms with Crippen molar-refractivity contribution in [1.29, 1.82) is 0 Å². The van der Waals surface area contributed by atoms with Gasteiger partial charge < -0.3 is 0 Å². The predicted octanol–water partition coefficient (Wildman–Crippen LogP) is 3.12. The molecule has 0 bridgehead atoms. The highest BCUT2D eigenvalue weighted by Gasteiger charge is 2.20. The van der Waals surface area contributed by atoms with Crippen LogP contribution in [-0.2, 0) is 6.54 Å². The molecular formula is C14H15ClN8S. The van der Waals surface area contributed by atoms with Gasteiger partial charge in [-0.25, -0.2) is 0 Å². The molecule has 24 heavy (non-hydrogen) atoms. The second-order valence-electron chi connectivity index (χ2n) is 5.53. The number of hydrogen-bond acceptors (Lipinski definition) is 6. The lowest BCUT2D eigenvalue weighted by molar-refractivity contribution is 0.598. The summed E-state index contributed by atoms with van der Waals surface area (Å²) < 4.78 is 3.65. The van der Waals surface area contributed by atoms with Gasteiger partial charge in [-0.1, -0.05) is 29.9 Å². The fourth-order valence-corrected chi connectivity index (χ4v) is 3.58. The van der Waals surface area contributed by atoms with E-state index < -0.39 is 0 Å². The molecule has 4 rings (SSSR count). The van der Waals surface area contributed by atoms with Crippen LogP contribution in [0.5, 0.6) is 0 Å². The molecule has 4 aromatic heterocycles. The summed E-state index contributed by atoms with van der Waals surface area (Å²) in [6.07, 6.45) is 3.01. The molecule has 0 aliphatic carbocycles. The fourth-order valence-electron chi connectivity index (χ4n) is 2.52. The zero-order valence-electron chi connectivity index (χ0n) is 13.4. The molecular weight excluding hydrogens is 348 g/mol. The normalized spacial score (nSPS) is 11.7. The molecule has 0 saturated carbocycles. The lowest BCUT2D eigenvalue weighted by atomic mass is 10.2. The highest BCUT2D eigenvalue weighted by atomic mass is 35.5. The number of aromatic amines is 1. The van der Waals surface area contributed by atoms with E-state index in [0.29, 0.717) is 26.5 Å². The minimum absolute atomic E-state index is 0.577. The van der Waals surface area contributed by atoms with Crippen molar-refractivity contribution in [2.75, 3.05) is 0 Å². The monoisotopic (exact) mass is 362 g/mol. The summed E-state index contributed by atoms with van der Waals surface area (Å²) in [6, 6.07) is 0. The highest BCUT2D eigenvalue weighted by Crippen LogP contribution is 2.32. The number of aryl methyl sites for hydroxylation is 3. The Labute approximate surface area is 146 Å². The molecule has 4 heterocycles. The number of rotatable bonds is 4. The lowest BCUT2D eigenvalue weighted by Gasteiger charge is -1.94. The van der Waals surface area contributed by atoms with Crippen LogP contribution < -0.4 is 0 Å². The van der Waals surface area contributed by atoms with Gasteiger partial charge in [0.05, 0.1) is 22.0 Å². The number of hydrogen-bond donors (Lipinski definition) is 1. The van der Waals surface area contributed by atoms with Crippen molar-refractivity contribution in [1.82, 2.24) is 39.8 Å². The van der Waals surface area contributed by atoms with E-state index in [-0.39, 0.29) is 0 Å². The van der Waals surface area contributed by atoms with E-state index in [1.807, 2.05) is 24.7 Å². The summed E-state index contributed by atoms with van der Waals surface area (Å²) in [6.45, 7) is 6.82. The second-order valence-corrected chi connectivity index (χ2v) is 6.86. The van der Waals surface area contributed by atoms with Crippen molar-refractivity contribution >= 4 is 27.9 Å². The largest absolute Gasteiger partial charge is 0.281 e. The van der Waals surface area contributed by atoms with Crippen molar-refractivity contribution in [3.8, 4) is 22.1 Å². The van der Waals surface area contributed by atoms with Crippen molar-refractivity contribution in [2.24, 2.45) is 0 Å². The maximum Gasteiger partial charge on any atom is 0.235 e. The Morgan fingerprint density at radius 3 is 2.79 bits per heavy atom. The van der Waals surface area contributed by atoms with Crippen LogP contribution >= 0.6 is 22.9 Å². The summed E-state index contributed by atoms with van der Waals surface area (Å²) in [5.41, 5.74) is 3.28. The van der Waals surface area contributed by atoms with Crippen LogP contribution in [0.15, 0.2) is 6.20 Å². The second kappa shape index (κ2) is 5.67. The zero-order chi connectivity index (χ0) is 16.8. The molecule has 0 atom stereocenters. The van der Waals surface area contributed by atoms with Gasteiger partial charge in [-0.2, -0.15) is 19.8 Å². The molecule has 10 heteroatoms. The predicted molar refractivity (Wildman–Crippen MR) is 92.2 cm³/mol. The SMILES string of the molecule is CCCn1cc(-c2nnc3sc(-c4n[nH]c(C)c4Cl)nn23)c(C)n1. The molecule has 0 saturated heterocycles. The van der Waals surface area contributed by atoms with E-state index >= 15 is 0 Å². The summed E-state index contributed by atoms with van der Waals surface area (Å²) >= 11 is 7.67. The summed E-state index contributed by atoms with van der Waals surface area (Å²) in [7, 11) is 0. The number of nitrogens with zero attached hydrogens (tertiary/aromatic N) is 7. The van der Waals surface area contributed by atoms with Crippen LogP contribution in [0.3, 0.4) is 0 Å². The minimum atomic E-state index is 0.577. The fraction of sp³-hybridized carbons (Fsp3) is 0.357. The third-order valence-electron chi connectivity index (χ3n) is 3.71. The Hall–Kier alpha value is -2.26. The van der Waals surface area contributed by atoms with Crippen LogP contribution in [0.2, 0.25) is 5.02 Å². The van der Waals surface area contributed by atoms with Gasteiger partial charge in [-0.05, 0) is 20.3 Å². The average Bonchev–Trinajstić information content (AvgIpc) is 3.26. The van der Waals surface area contributed by atoms with E-state index in [1.165, 1.54) is 11.3 Å². The maximum absolute atomic E-state index is 6.27. The van der Waals surface area contributed by atoms with Crippen LogP contribution in [0.1, 0.15) is 24.7 Å². The molecule has 0 unspecified atom stereocenters. The minimum Gasteiger partial charge on any atom is -0.281 e. The maximum atomic E-state index is 6.27. The topological polar surface area (TPSA) is 89.6 Å². The van der Waals surface area contributed by atoms with Gasteiger partial charge in [-0.15, -0.1) is 10.2 Å². The zero-order valence-corrected chi connectivity index (χ0v) is 15.0. The lowest BCUT2D eigenvalue weighted by Crippen LogP contribution is -1.96. The molecule has 0 radical (unpaired) electrons. The van der Waals surface area contributed by atoms with Gasteiger partial charge in [-0.3, -0.25) is 9.78 Å². The van der Waals surface area contributed by atoms with E-state index in [1.54, 1.807) is 4.52 Å². The average molecular weight is 363 g/mol. The Morgan fingerprint density at radius 1 is 1.25 bits per heavy atom. The Balaban J connectivity index is 1.82. The van der Waals surface area contributed by atoms with E-state index in [4.69, 9.17) is 11.6 Å². The van der Waals surface area contributed by atoms with Crippen molar-refractivity contribution in [2.45, 2.75) is 33.7 Å². The van der Waals surface area contributed by atoms with Crippen LogP contribution in [0.25, 0.3) is 27.1 Å². The number of halogens is 1. The summed E-state index contributed by atoms with van der Waals surface area (Å²) in [4.78, 5) is 0.694. The van der Waals surface area contributed by atoms with E-state index in [9.17, 15) is 0 Å². The Kier molecular flexibility index (Phi) is 3.61. The van der Waals surface area contributed by atoms with E-state index in [2.05, 4.69) is 37.5 Å². The first-order valence-corrected chi connectivity index (χ1v) is 8.75. The first kappa shape index (κ1) is 15.3. The van der Waals surface area contributed by atoms with Gasteiger partial charge in [0.2, 0.25) is 4.96 Å². The first-order valence-electron chi connectivity index (χ1n) is 7.56. The van der Waals surface area contributed by atoms with Crippen molar-refractivity contribution in [3.63, 3.8) is 0 Å². The Bertz CT molecular complexity index is 1020. The molecule has 124 valence electrons. The molecule has 8 nitrogen and oxygen atoms in total. The van der Waals surface area contributed by atoms with E-state index in [0.717, 1.165) is 29.9 Å². The standard InChI is InChI=1S/C14H15ClN8S/c1-4-5-22-6-9(7(2)20-22)12-18-19-14-23(12)21-13(24-14)11-10(15)8(3)16-17-11/h6H,4-5H2,1-3H3,(H,16,17). The molecule has 0 aliphatic heterocycles. The van der Waals surface area contributed by atoms with Gasteiger partial charge in [0, 0.05) is 12.7 Å². The molecule has 1 N–H and O–H groups in total. The number of H-pyrrole nitrogens is 1. The number of aromatic nitrogens is 8. The molecule has 0 aliphatic rings. The number of fused-ring (bicyclic) bond motifs is 1. The van der Waals surface area contributed by atoms with Gasteiger partial charge in [0.15, 0.2) is 10.8 Å². The van der Waals surface area contributed by atoms with Gasteiger partial charge >= 0.3 is 0 Å². The van der Waals surface area contributed by atoms with Crippen molar-refractivity contribution in [3.05, 3.63) is 22.6 Å². The van der Waals surface area contributed by atoms with Gasteiger partial charge in [0.25, 0.3) is 0 Å². The highest BCUT2D eigenvalue weighted by molar-refractivity contribution is 7.19. The smallest absolute Gasteiger partial charge is 0.235 e. The van der Waals surface area contributed by atoms with Crippen LogP contribution in [0, 0.1) is 13.8 Å². The quantitative estimate of drug-likeness (QED) is 0.602. The molecule has 0 fully saturated rings. The molecule has 4 aromatic rings. The third-order valence-corrected chi connectivity index (χ3v) is 5.07. The molecule has 0 aromatic carbocycles. The Morgan fingerprint density at radius 2 is 2.08 bits per heavy atom. The molecule has 0 spiro atoms. The first-order chi connectivity index (χ1) is 11.6. The van der Waals surface area contributed by atoms with Crippen LogP contribution in [0.4, 0.5) is 0 Å². The summed E-state index contributed by atoms with van der Waals surface area (Å²) in [5.74, 6) is 0.677. The van der Waals surface area contributed by atoms with Crippen LogP contribution in [-0.4, -0.2) is 39.8 Å².